The van der Waals surface area contributed by atoms with Crippen molar-refractivity contribution in [2.24, 2.45) is 0 Å². The average Bonchev–Trinajstić information content (AvgIpc) is 3.80. The SMILES string of the molecule is c1ccc(-c2ccc(-c3ccc(N(c4ccc(-c5ccc6ccccc6c5)cc4)c4cccc(-c5cc(-c6ccccc6)cc6c5c5ccc(-c7ccccc7)cc5n6-c5ccccc5)c4)cc3)cc2)cc1. The van der Waals surface area contributed by atoms with Crippen molar-refractivity contribution in [1.82, 2.24) is 4.57 Å². The van der Waals surface area contributed by atoms with Gasteiger partial charge in [0, 0.05) is 33.5 Å². The minimum Gasteiger partial charge on any atom is -0.310 e. The zero-order valence-corrected chi connectivity index (χ0v) is 39.6. The van der Waals surface area contributed by atoms with Gasteiger partial charge in [0.05, 0.1) is 11.0 Å². The van der Waals surface area contributed by atoms with E-state index in [0.29, 0.717) is 0 Å². The standard InChI is InChI=1S/C70H48N2/c1-5-16-49(17-6-1)53-28-30-54(31-29-53)55-34-39-63(40-35-55)71(64-41-36-56(37-42-64)58-33-32-52-22-13-14-23-57(52)44-58)65-27-15-24-60(45-65)67-46-61(51-20-9-3-10-21-51)48-69-70(67)66-43-38-59(50-18-7-2-8-19-50)47-68(66)72(69)62-25-11-4-12-26-62/h1-48H. The molecule has 0 saturated heterocycles. The summed E-state index contributed by atoms with van der Waals surface area (Å²) in [6.45, 7) is 0. The summed E-state index contributed by atoms with van der Waals surface area (Å²) in [7, 11) is 0. The van der Waals surface area contributed by atoms with E-state index >= 15 is 0 Å². The zero-order valence-electron chi connectivity index (χ0n) is 39.6. The van der Waals surface area contributed by atoms with Crippen LogP contribution in [0.3, 0.4) is 0 Å². The maximum atomic E-state index is 2.46. The quantitative estimate of drug-likeness (QED) is 0.133. The molecule has 2 heteroatoms. The maximum Gasteiger partial charge on any atom is 0.0553 e. The summed E-state index contributed by atoms with van der Waals surface area (Å²) in [4.78, 5) is 2.40. The Bertz CT molecular complexity index is 4030. The Kier molecular flexibility index (Phi) is 10.9. The molecule has 338 valence electrons. The largest absolute Gasteiger partial charge is 0.310 e. The number of hydrogen-bond donors (Lipinski definition) is 0. The van der Waals surface area contributed by atoms with Gasteiger partial charge in [0.1, 0.15) is 0 Å². The molecule has 0 saturated carbocycles. The number of aromatic nitrogens is 1. The van der Waals surface area contributed by atoms with Crippen molar-refractivity contribution in [2.75, 3.05) is 4.90 Å². The van der Waals surface area contributed by atoms with E-state index in [-0.39, 0.29) is 0 Å². The molecular formula is C70H48N2. The predicted octanol–water partition coefficient (Wildman–Crippen LogP) is 19.4. The van der Waals surface area contributed by atoms with Gasteiger partial charge >= 0.3 is 0 Å². The molecule has 2 nitrogen and oxygen atoms in total. The van der Waals surface area contributed by atoms with Gasteiger partial charge in [0.15, 0.2) is 0 Å². The topological polar surface area (TPSA) is 8.17 Å². The first-order valence-electron chi connectivity index (χ1n) is 24.7. The van der Waals surface area contributed by atoms with Gasteiger partial charge in [-0.2, -0.15) is 0 Å². The normalized spacial score (nSPS) is 11.3. The molecule has 12 aromatic carbocycles. The molecule has 13 rings (SSSR count). The second kappa shape index (κ2) is 18.4. The first kappa shape index (κ1) is 42.6. The number of anilines is 3. The third-order valence-electron chi connectivity index (χ3n) is 14.2. The lowest BCUT2D eigenvalue weighted by molar-refractivity contribution is 1.18. The van der Waals surface area contributed by atoms with Crippen molar-refractivity contribution in [1.29, 1.82) is 0 Å². The summed E-state index contributed by atoms with van der Waals surface area (Å²) in [5.41, 5.74) is 20.9. The number of fused-ring (bicyclic) bond motifs is 4. The van der Waals surface area contributed by atoms with Crippen molar-refractivity contribution in [3.63, 3.8) is 0 Å². The van der Waals surface area contributed by atoms with Crippen molar-refractivity contribution in [2.45, 2.75) is 0 Å². The summed E-state index contributed by atoms with van der Waals surface area (Å²) >= 11 is 0. The van der Waals surface area contributed by atoms with Crippen LogP contribution in [0.5, 0.6) is 0 Å². The van der Waals surface area contributed by atoms with Crippen LogP contribution in [0.1, 0.15) is 0 Å². The number of nitrogens with zero attached hydrogens (tertiary/aromatic N) is 2. The maximum absolute atomic E-state index is 2.46. The fourth-order valence-electron chi connectivity index (χ4n) is 10.6. The molecule has 1 aromatic heterocycles. The Morgan fingerprint density at radius 3 is 1.28 bits per heavy atom. The molecule has 0 fully saturated rings. The molecule has 0 aliphatic carbocycles. The van der Waals surface area contributed by atoms with Crippen LogP contribution < -0.4 is 4.90 Å². The molecule has 0 N–H and O–H groups in total. The van der Waals surface area contributed by atoms with Crippen LogP contribution in [-0.4, -0.2) is 4.57 Å². The number of para-hydroxylation sites is 1. The van der Waals surface area contributed by atoms with E-state index in [0.717, 1.165) is 33.8 Å². The van der Waals surface area contributed by atoms with E-state index in [9.17, 15) is 0 Å². The molecule has 0 aliphatic heterocycles. The summed E-state index contributed by atoms with van der Waals surface area (Å²) in [5, 5.41) is 4.91. The molecule has 0 atom stereocenters. The molecule has 0 bridgehead atoms. The van der Waals surface area contributed by atoms with Gasteiger partial charge in [-0.15, -0.1) is 0 Å². The Morgan fingerprint density at radius 2 is 0.667 bits per heavy atom. The molecule has 72 heavy (non-hydrogen) atoms. The van der Waals surface area contributed by atoms with Crippen LogP contribution in [0, 0.1) is 0 Å². The minimum atomic E-state index is 1.07. The fourth-order valence-corrected chi connectivity index (χ4v) is 10.6. The molecule has 0 amide bonds. The highest BCUT2D eigenvalue weighted by Gasteiger charge is 2.21. The molecule has 1 heterocycles. The Balaban J connectivity index is 0.974. The van der Waals surface area contributed by atoms with Crippen molar-refractivity contribution >= 4 is 49.6 Å². The van der Waals surface area contributed by atoms with Gasteiger partial charge in [-0.1, -0.05) is 218 Å². The highest BCUT2D eigenvalue weighted by Crippen LogP contribution is 2.45. The highest BCUT2D eigenvalue weighted by molar-refractivity contribution is 6.17. The summed E-state index contributed by atoms with van der Waals surface area (Å²) in [6, 6.07) is 106. The fraction of sp³-hybridized carbons (Fsp3) is 0. The lowest BCUT2D eigenvalue weighted by atomic mass is 9.93. The summed E-state index contributed by atoms with van der Waals surface area (Å²) in [5.74, 6) is 0. The molecule has 0 unspecified atom stereocenters. The first-order chi connectivity index (χ1) is 35.7. The van der Waals surface area contributed by atoms with Crippen molar-refractivity contribution < 1.29 is 0 Å². The van der Waals surface area contributed by atoms with Gasteiger partial charge in [-0.05, 0) is 150 Å². The van der Waals surface area contributed by atoms with Crippen LogP contribution >= 0.6 is 0 Å². The number of rotatable bonds is 10. The van der Waals surface area contributed by atoms with Crippen LogP contribution in [0.2, 0.25) is 0 Å². The third kappa shape index (κ3) is 8.01. The van der Waals surface area contributed by atoms with E-state index in [4.69, 9.17) is 0 Å². The van der Waals surface area contributed by atoms with Gasteiger partial charge in [-0.3, -0.25) is 0 Å². The van der Waals surface area contributed by atoms with Gasteiger partial charge in [0.25, 0.3) is 0 Å². The zero-order chi connectivity index (χ0) is 47.8. The molecule has 0 spiro atoms. The van der Waals surface area contributed by atoms with E-state index < -0.39 is 0 Å². The van der Waals surface area contributed by atoms with Crippen molar-refractivity contribution in [3.8, 4) is 72.4 Å². The minimum absolute atomic E-state index is 1.07. The average molecular weight is 917 g/mol. The predicted molar refractivity (Wildman–Crippen MR) is 306 cm³/mol. The lowest BCUT2D eigenvalue weighted by Crippen LogP contribution is -2.10. The number of benzene rings is 12. The van der Waals surface area contributed by atoms with E-state index in [1.165, 1.54) is 88.3 Å². The Labute approximate surface area is 420 Å². The number of hydrogen-bond acceptors (Lipinski definition) is 1. The molecular weight excluding hydrogens is 869 g/mol. The van der Waals surface area contributed by atoms with Crippen molar-refractivity contribution in [3.05, 3.63) is 291 Å². The van der Waals surface area contributed by atoms with E-state index in [2.05, 4.69) is 301 Å². The molecule has 0 radical (unpaired) electrons. The summed E-state index contributed by atoms with van der Waals surface area (Å²) < 4.78 is 2.46. The van der Waals surface area contributed by atoms with Crippen LogP contribution in [0.25, 0.3) is 105 Å². The monoisotopic (exact) mass is 916 g/mol. The smallest absolute Gasteiger partial charge is 0.0553 e. The molecule has 13 aromatic rings. The highest BCUT2D eigenvalue weighted by atomic mass is 15.1. The summed E-state index contributed by atoms with van der Waals surface area (Å²) in [6.07, 6.45) is 0. The second-order valence-corrected chi connectivity index (χ2v) is 18.5. The third-order valence-corrected chi connectivity index (χ3v) is 14.2. The van der Waals surface area contributed by atoms with Crippen LogP contribution in [0.15, 0.2) is 291 Å². The van der Waals surface area contributed by atoms with Gasteiger partial charge in [0.2, 0.25) is 0 Å². The van der Waals surface area contributed by atoms with Gasteiger partial charge in [-0.25, -0.2) is 0 Å². The van der Waals surface area contributed by atoms with Gasteiger partial charge < -0.3 is 9.47 Å². The Hall–Kier alpha value is -9.50. The lowest BCUT2D eigenvalue weighted by Gasteiger charge is -2.26. The molecule has 0 aliphatic rings. The second-order valence-electron chi connectivity index (χ2n) is 18.5. The van der Waals surface area contributed by atoms with Crippen LogP contribution in [-0.2, 0) is 0 Å². The van der Waals surface area contributed by atoms with E-state index in [1.54, 1.807) is 0 Å². The Morgan fingerprint density at radius 1 is 0.236 bits per heavy atom. The first-order valence-corrected chi connectivity index (χ1v) is 24.7. The van der Waals surface area contributed by atoms with E-state index in [1.807, 2.05) is 0 Å². The van der Waals surface area contributed by atoms with Crippen LogP contribution in [0.4, 0.5) is 17.1 Å².